The predicted molar refractivity (Wildman–Crippen MR) is 108 cm³/mol. The lowest BCUT2D eigenvalue weighted by molar-refractivity contribution is -0.125. The van der Waals surface area contributed by atoms with E-state index in [9.17, 15) is 13.6 Å². The largest absolute Gasteiger partial charge is 0.381 e. The minimum absolute atomic E-state index is 0.0593. The van der Waals surface area contributed by atoms with Crippen LogP contribution in [0.2, 0.25) is 0 Å². The molecule has 2 aliphatic heterocycles. The Morgan fingerprint density at radius 1 is 1.20 bits per heavy atom. The van der Waals surface area contributed by atoms with Gasteiger partial charge in [-0.2, -0.15) is 0 Å². The monoisotopic (exact) mass is 416 g/mol. The SMILES string of the molecule is Cc1nc2c(c(N3CCC(C(=O)NCc4ccc(F)cc4F)CC3)n1)CCOCC2. The molecule has 1 saturated heterocycles. The number of fused-ring (bicyclic) bond motifs is 1. The van der Waals surface area contributed by atoms with Gasteiger partial charge in [-0.1, -0.05) is 6.07 Å². The summed E-state index contributed by atoms with van der Waals surface area (Å²) in [5, 5.41) is 2.79. The van der Waals surface area contributed by atoms with Gasteiger partial charge in [-0.05, 0) is 25.8 Å². The van der Waals surface area contributed by atoms with Crippen LogP contribution in [0.3, 0.4) is 0 Å². The highest BCUT2D eigenvalue weighted by molar-refractivity contribution is 5.79. The fourth-order valence-electron chi connectivity index (χ4n) is 4.15. The second kappa shape index (κ2) is 9.04. The molecule has 3 heterocycles. The number of benzene rings is 1. The number of aromatic nitrogens is 2. The Bertz CT molecular complexity index is 930. The number of carbonyl (C=O) groups excluding carboxylic acids is 1. The lowest BCUT2D eigenvalue weighted by Crippen LogP contribution is -2.41. The van der Waals surface area contributed by atoms with Crippen LogP contribution in [0.4, 0.5) is 14.6 Å². The molecule has 2 aliphatic rings. The molecule has 0 saturated carbocycles. The first-order valence-corrected chi connectivity index (χ1v) is 10.4. The van der Waals surface area contributed by atoms with Gasteiger partial charge < -0.3 is 15.0 Å². The summed E-state index contributed by atoms with van der Waals surface area (Å²) < 4.78 is 32.4. The summed E-state index contributed by atoms with van der Waals surface area (Å²) in [6, 6.07) is 3.39. The smallest absolute Gasteiger partial charge is 0.223 e. The van der Waals surface area contributed by atoms with Crippen LogP contribution < -0.4 is 10.2 Å². The van der Waals surface area contributed by atoms with Crippen molar-refractivity contribution in [1.82, 2.24) is 15.3 Å². The number of hydrogen-bond donors (Lipinski definition) is 1. The van der Waals surface area contributed by atoms with Crippen LogP contribution in [0.15, 0.2) is 18.2 Å². The van der Waals surface area contributed by atoms with Crippen LogP contribution in [-0.2, 0) is 28.9 Å². The number of rotatable bonds is 4. The highest BCUT2D eigenvalue weighted by Crippen LogP contribution is 2.28. The summed E-state index contributed by atoms with van der Waals surface area (Å²) in [5.74, 6) is 0.231. The van der Waals surface area contributed by atoms with E-state index in [4.69, 9.17) is 9.72 Å². The highest BCUT2D eigenvalue weighted by atomic mass is 19.1. The summed E-state index contributed by atoms with van der Waals surface area (Å²) in [6.07, 6.45) is 3.00. The number of piperidine rings is 1. The summed E-state index contributed by atoms with van der Waals surface area (Å²) >= 11 is 0. The second-order valence-corrected chi connectivity index (χ2v) is 7.85. The molecule has 0 unspecified atom stereocenters. The molecule has 2 aromatic rings. The molecular formula is C22H26F2N4O2. The lowest BCUT2D eigenvalue weighted by atomic mass is 9.95. The van der Waals surface area contributed by atoms with Crippen molar-refractivity contribution in [2.75, 3.05) is 31.2 Å². The summed E-state index contributed by atoms with van der Waals surface area (Å²) in [6.45, 7) is 4.78. The van der Waals surface area contributed by atoms with Crippen LogP contribution >= 0.6 is 0 Å². The second-order valence-electron chi connectivity index (χ2n) is 7.85. The maximum absolute atomic E-state index is 13.8. The van der Waals surface area contributed by atoms with Crippen LogP contribution in [-0.4, -0.2) is 42.2 Å². The molecule has 0 spiro atoms. The van der Waals surface area contributed by atoms with Crippen molar-refractivity contribution < 1.29 is 18.3 Å². The zero-order valence-corrected chi connectivity index (χ0v) is 17.1. The molecule has 1 aromatic carbocycles. The maximum Gasteiger partial charge on any atom is 0.223 e. The molecule has 1 aromatic heterocycles. The van der Waals surface area contributed by atoms with E-state index in [1.54, 1.807) is 0 Å². The van der Waals surface area contributed by atoms with Gasteiger partial charge in [0.2, 0.25) is 5.91 Å². The normalized spacial score (nSPS) is 17.4. The Hall–Kier alpha value is -2.61. The molecule has 30 heavy (non-hydrogen) atoms. The number of hydrogen-bond acceptors (Lipinski definition) is 5. The zero-order valence-electron chi connectivity index (χ0n) is 17.1. The average molecular weight is 416 g/mol. The molecule has 6 nitrogen and oxygen atoms in total. The number of amides is 1. The fourth-order valence-corrected chi connectivity index (χ4v) is 4.15. The van der Waals surface area contributed by atoms with Crippen molar-refractivity contribution >= 4 is 11.7 Å². The maximum atomic E-state index is 13.8. The molecule has 4 rings (SSSR count). The van der Waals surface area contributed by atoms with Gasteiger partial charge in [-0.25, -0.2) is 18.7 Å². The van der Waals surface area contributed by atoms with Gasteiger partial charge in [0, 0.05) is 55.6 Å². The Labute approximate surface area is 174 Å². The van der Waals surface area contributed by atoms with E-state index in [1.807, 2.05) is 6.92 Å². The van der Waals surface area contributed by atoms with Crippen molar-refractivity contribution in [2.45, 2.75) is 39.2 Å². The minimum atomic E-state index is -0.645. The number of nitrogens with one attached hydrogen (secondary N) is 1. The van der Waals surface area contributed by atoms with Crippen LogP contribution in [0.25, 0.3) is 0 Å². The van der Waals surface area contributed by atoms with Crippen LogP contribution in [0.5, 0.6) is 0 Å². The third-order valence-corrected chi connectivity index (χ3v) is 5.80. The number of aryl methyl sites for hydroxylation is 1. The van der Waals surface area contributed by atoms with Gasteiger partial charge in [0.05, 0.1) is 18.9 Å². The molecule has 0 radical (unpaired) electrons. The minimum Gasteiger partial charge on any atom is -0.381 e. The highest BCUT2D eigenvalue weighted by Gasteiger charge is 2.28. The van der Waals surface area contributed by atoms with E-state index in [2.05, 4.69) is 15.2 Å². The first-order chi connectivity index (χ1) is 14.5. The van der Waals surface area contributed by atoms with Crippen molar-refractivity contribution in [2.24, 2.45) is 5.92 Å². The van der Waals surface area contributed by atoms with E-state index in [0.717, 1.165) is 54.9 Å². The van der Waals surface area contributed by atoms with E-state index >= 15 is 0 Å². The van der Waals surface area contributed by atoms with Gasteiger partial charge in [0.1, 0.15) is 23.3 Å². The van der Waals surface area contributed by atoms with E-state index in [-0.39, 0.29) is 23.9 Å². The number of halogens is 2. The molecule has 0 bridgehead atoms. The first-order valence-electron chi connectivity index (χ1n) is 10.4. The molecule has 0 aliphatic carbocycles. The van der Waals surface area contributed by atoms with Crippen molar-refractivity contribution in [3.8, 4) is 0 Å². The Kier molecular flexibility index (Phi) is 6.22. The Balaban J connectivity index is 1.37. The average Bonchev–Trinajstić information content (AvgIpc) is 2.98. The summed E-state index contributed by atoms with van der Waals surface area (Å²) in [5.41, 5.74) is 2.51. The quantitative estimate of drug-likeness (QED) is 0.830. The van der Waals surface area contributed by atoms with Gasteiger partial charge >= 0.3 is 0 Å². The molecule has 160 valence electrons. The van der Waals surface area contributed by atoms with Gasteiger partial charge in [-0.3, -0.25) is 4.79 Å². The predicted octanol–water partition coefficient (Wildman–Crippen LogP) is 2.71. The first kappa shape index (κ1) is 20.7. The molecule has 1 fully saturated rings. The summed E-state index contributed by atoms with van der Waals surface area (Å²) in [4.78, 5) is 24.1. The molecule has 0 atom stereocenters. The fraction of sp³-hybridized carbons (Fsp3) is 0.500. The third kappa shape index (κ3) is 4.59. The van der Waals surface area contributed by atoms with E-state index < -0.39 is 11.6 Å². The number of ether oxygens (including phenoxy) is 1. The van der Waals surface area contributed by atoms with Gasteiger partial charge in [0.15, 0.2) is 0 Å². The van der Waals surface area contributed by atoms with Crippen molar-refractivity contribution in [1.29, 1.82) is 0 Å². The van der Waals surface area contributed by atoms with Crippen molar-refractivity contribution in [3.05, 3.63) is 52.5 Å². The molecule has 8 heteroatoms. The van der Waals surface area contributed by atoms with Gasteiger partial charge in [0.25, 0.3) is 0 Å². The molecule has 1 N–H and O–H groups in total. The number of nitrogens with zero attached hydrogens (tertiary/aromatic N) is 3. The number of carbonyl (C=O) groups is 1. The summed E-state index contributed by atoms with van der Waals surface area (Å²) in [7, 11) is 0. The van der Waals surface area contributed by atoms with Crippen LogP contribution in [0, 0.1) is 24.5 Å². The molecular weight excluding hydrogens is 390 g/mol. The van der Waals surface area contributed by atoms with Crippen molar-refractivity contribution in [3.63, 3.8) is 0 Å². The topological polar surface area (TPSA) is 67.4 Å². The Morgan fingerprint density at radius 2 is 1.97 bits per heavy atom. The number of anilines is 1. The standard InChI is InChI=1S/C22H26F2N4O2/c1-14-26-20-7-11-30-10-6-18(20)21(27-14)28-8-4-15(5-9-28)22(29)25-13-16-2-3-17(23)12-19(16)24/h2-3,12,15H,4-11,13H2,1H3,(H,25,29). The third-order valence-electron chi connectivity index (χ3n) is 5.80. The van der Waals surface area contributed by atoms with E-state index in [0.29, 0.717) is 26.1 Å². The Morgan fingerprint density at radius 3 is 2.73 bits per heavy atom. The van der Waals surface area contributed by atoms with E-state index in [1.165, 1.54) is 12.1 Å². The van der Waals surface area contributed by atoms with Crippen LogP contribution in [0.1, 0.15) is 35.5 Å². The zero-order chi connectivity index (χ0) is 21.1. The van der Waals surface area contributed by atoms with Gasteiger partial charge in [-0.15, -0.1) is 0 Å². The molecule has 1 amide bonds. The lowest BCUT2D eigenvalue weighted by Gasteiger charge is -2.33.